The summed E-state index contributed by atoms with van der Waals surface area (Å²) in [7, 11) is 1.90. The first-order chi connectivity index (χ1) is 10.3. The van der Waals surface area contributed by atoms with Crippen LogP contribution >= 0.6 is 0 Å². The van der Waals surface area contributed by atoms with Gasteiger partial charge in [0.05, 0.1) is 0 Å². The highest BCUT2D eigenvalue weighted by Crippen LogP contribution is 2.18. The van der Waals surface area contributed by atoms with E-state index in [-0.39, 0.29) is 0 Å². The third kappa shape index (κ3) is 4.18. The number of benzene rings is 1. The molecule has 0 aliphatic rings. The molecule has 0 saturated carbocycles. The molecule has 0 fully saturated rings. The minimum atomic E-state index is 0.864. The van der Waals surface area contributed by atoms with E-state index in [1.807, 2.05) is 19.2 Å². The van der Waals surface area contributed by atoms with Gasteiger partial charge in [0.2, 0.25) is 0 Å². The Morgan fingerprint density at radius 1 is 1.10 bits per heavy atom. The van der Waals surface area contributed by atoms with Crippen molar-refractivity contribution in [2.24, 2.45) is 0 Å². The molecule has 0 radical (unpaired) electrons. The molecule has 0 aliphatic carbocycles. The van der Waals surface area contributed by atoms with E-state index in [1.165, 1.54) is 5.56 Å². The fraction of sp³-hybridized carbons (Fsp3) is 0.412. The van der Waals surface area contributed by atoms with Crippen LogP contribution in [-0.4, -0.2) is 23.6 Å². The number of aryl methyl sites for hydroxylation is 1. The highest BCUT2D eigenvalue weighted by molar-refractivity contribution is 5.49. The minimum Gasteiger partial charge on any atom is -0.373 e. The van der Waals surface area contributed by atoms with Crippen LogP contribution in [0.25, 0.3) is 0 Å². The van der Waals surface area contributed by atoms with E-state index in [9.17, 15) is 0 Å². The van der Waals surface area contributed by atoms with E-state index in [0.717, 1.165) is 43.4 Å². The summed E-state index contributed by atoms with van der Waals surface area (Å²) in [5.74, 6) is 2.78. The molecular formula is C17H24N4. The second-order valence-corrected chi connectivity index (χ2v) is 5.03. The third-order valence-corrected chi connectivity index (χ3v) is 3.41. The van der Waals surface area contributed by atoms with Gasteiger partial charge in [0, 0.05) is 32.6 Å². The van der Waals surface area contributed by atoms with Gasteiger partial charge in [0.1, 0.15) is 17.5 Å². The number of nitrogens with one attached hydrogen (secondary N) is 1. The lowest BCUT2D eigenvalue weighted by atomic mass is 10.2. The monoisotopic (exact) mass is 284 g/mol. The summed E-state index contributed by atoms with van der Waals surface area (Å²) in [6, 6.07) is 12.5. The van der Waals surface area contributed by atoms with Crippen molar-refractivity contribution in [3.8, 4) is 0 Å². The fourth-order valence-electron chi connectivity index (χ4n) is 2.27. The van der Waals surface area contributed by atoms with Gasteiger partial charge >= 0.3 is 0 Å². The SMILES string of the molecule is CCCc1nc(NC)cc(N(CC)Cc2ccccc2)n1. The maximum atomic E-state index is 4.71. The van der Waals surface area contributed by atoms with Gasteiger partial charge in [0.25, 0.3) is 0 Å². The second kappa shape index (κ2) is 7.62. The summed E-state index contributed by atoms with van der Waals surface area (Å²) < 4.78 is 0. The van der Waals surface area contributed by atoms with Crippen molar-refractivity contribution in [2.75, 3.05) is 23.8 Å². The Morgan fingerprint density at radius 3 is 2.48 bits per heavy atom. The lowest BCUT2D eigenvalue weighted by Crippen LogP contribution is -2.24. The number of hydrogen-bond donors (Lipinski definition) is 1. The molecule has 4 nitrogen and oxygen atoms in total. The van der Waals surface area contributed by atoms with Crippen molar-refractivity contribution >= 4 is 11.6 Å². The lowest BCUT2D eigenvalue weighted by molar-refractivity contribution is 0.781. The van der Waals surface area contributed by atoms with Crippen LogP contribution in [0.4, 0.5) is 11.6 Å². The van der Waals surface area contributed by atoms with Gasteiger partial charge in [-0.1, -0.05) is 37.3 Å². The van der Waals surface area contributed by atoms with Crippen molar-refractivity contribution < 1.29 is 0 Å². The zero-order valence-corrected chi connectivity index (χ0v) is 13.1. The molecule has 1 N–H and O–H groups in total. The van der Waals surface area contributed by atoms with Crippen LogP contribution in [0.1, 0.15) is 31.7 Å². The molecule has 0 amide bonds. The predicted molar refractivity (Wildman–Crippen MR) is 88.7 cm³/mol. The van der Waals surface area contributed by atoms with E-state index in [0.29, 0.717) is 0 Å². The molecule has 1 heterocycles. The largest absolute Gasteiger partial charge is 0.373 e. The molecule has 2 aromatic rings. The Kier molecular flexibility index (Phi) is 5.55. The van der Waals surface area contributed by atoms with Crippen LogP contribution in [0.3, 0.4) is 0 Å². The Morgan fingerprint density at radius 2 is 1.86 bits per heavy atom. The van der Waals surface area contributed by atoms with Gasteiger partial charge in [-0.25, -0.2) is 9.97 Å². The Labute approximate surface area is 127 Å². The molecule has 21 heavy (non-hydrogen) atoms. The lowest BCUT2D eigenvalue weighted by Gasteiger charge is -2.23. The molecule has 2 rings (SSSR count). The molecule has 1 aromatic heterocycles. The first-order valence-electron chi connectivity index (χ1n) is 7.61. The van der Waals surface area contributed by atoms with Crippen LogP contribution in [0, 0.1) is 0 Å². The van der Waals surface area contributed by atoms with Gasteiger partial charge < -0.3 is 10.2 Å². The molecular weight excluding hydrogens is 260 g/mol. The van der Waals surface area contributed by atoms with Crippen molar-refractivity contribution in [3.05, 3.63) is 47.8 Å². The van der Waals surface area contributed by atoms with Crippen molar-refractivity contribution in [3.63, 3.8) is 0 Å². The van der Waals surface area contributed by atoms with Gasteiger partial charge in [-0.15, -0.1) is 0 Å². The zero-order chi connectivity index (χ0) is 15.1. The van der Waals surface area contributed by atoms with Crippen LogP contribution in [0.2, 0.25) is 0 Å². The van der Waals surface area contributed by atoms with E-state index in [2.05, 4.69) is 53.3 Å². The van der Waals surface area contributed by atoms with E-state index in [4.69, 9.17) is 4.98 Å². The van der Waals surface area contributed by atoms with Gasteiger partial charge in [-0.2, -0.15) is 0 Å². The molecule has 0 saturated heterocycles. The predicted octanol–water partition coefficient (Wildman–Crippen LogP) is 3.50. The number of anilines is 2. The average Bonchev–Trinajstić information content (AvgIpc) is 2.53. The summed E-state index contributed by atoms with van der Waals surface area (Å²) in [5, 5.41) is 3.13. The highest BCUT2D eigenvalue weighted by atomic mass is 15.2. The molecule has 0 bridgehead atoms. The average molecular weight is 284 g/mol. The van der Waals surface area contributed by atoms with Crippen LogP contribution in [0.15, 0.2) is 36.4 Å². The summed E-state index contributed by atoms with van der Waals surface area (Å²) >= 11 is 0. The number of nitrogens with zero attached hydrogens (tertiary/aromatic N) is 3. The molecule has 0 unspecified atom stereocenters. The van der Waals surface area contributed by atoms with Crippen LogP contribution in [0.5, 0.6) is 0 Å². The number of hydrogen-bond acceptors (Lipinski definition) is 4. The molecule has 0 atom stereocenters. The molecule has 112 valence electrons. The molecule has 4 heteroatoms. The smallest absolute Gasteiger partial charge is 0.134 e. The van der Waals surface area contributed by atoms with E-state index >= 15 is 0 Å². The number of rotatable bonds is 7. The van der Waals surface area contributed by atoms with E-state index < -0.39 is 0 Å². The summed E-state index contributed by atoms with van der Waals surface area (Å²) in [5.41, 5.74) is 1.29. The Bertz CT molecular complexity index is 554. The number of aromatic nitrogens is 2. The standard InChI is InChI=1S/C17H24N4/c1-4-9-15-19-16(18-3)12-17(20-15)21(5-2)13-14-10-7-6-8-11-14/h6-8,10-12H,4-5,9,13H2,1-3H3,(H,18,19,20). The fourth-order valence-corrected chi connectivity index (χ4v) is 2.27. The first kappa shape index (κ1) is 15.3. The van der Waals surface area contributed by atoms with Crippen molar-refractivity contribution in [1.29, 1.82) is 0 Å². The molecule has 0 aliphatic heterocycles. The molecule has 0 spiro atoms. The topological polar surface area (TPSA) is 41.1 Å². The normalized spacial score (nSPS) is 10.4. The molecule has 1 aromatic carbocycles. The van der Waals surface area contributed by atoms with Crippen molar-refractivity contribution in [2.45, 2.75) is 33.2 Å². The highest BCUT2D eigenvalue weighted by Gasteiger charge is 2.10. The minimum absolute atomic E-state index is 0.864. The Hall–Kier alpha value is -2.10. The van der Waals surface area contributed by atoms with Gasteiger partial charge in [0.15, 0.2) is 0 Å². The van der Waals surface area contributed by atoms with Gasteiger partial charge in [-0.05, 0) is 18.9 Å². The van der Waals surface area contributed by atoms with E-state index in [1.54, 1.807) is 0 Å². The third-order valence-electron chi connectivity index (χ3n) is 3.41. The Balaban J connectivity index is 2.26. The second-order valence-electron chi connectivity index (χ2n) is 5.03. The maximum absolute atomic E-state index is 4.71. The van der Waals surface area contributed by atoms with Crippen LogP contribution < -0.4 is 10.2 Å². The zero-order valence-electron chi connectivity index (χ0n) is 13.1. The quantitative estimate of drug-likeness (QED) is 0.845. The van der Waals surface area contributed by atoms with Crippen molar-refractivity contribution in [1.82, 2.24) is 9.97 Å². The summed E-state index contributed by atoms with van der Waals surface area (Å²) in [4.78, 5) is 11.5. The summed E-state index contributed by atoms with van der Waals surface area (Å²) in [6.45, 7) is 6.09. The summed E-state index contributed by atoms with van der Waals surface area (Å²) in [6.07, 6.45) is 1.96. The maximum Gasteiger partial charge on any atom is 0.134 e. The van der Waals surface area contributed by atoms with Crippen LogP contribution in [-0.2, 0) is 13.0 Å². The first-order valence-corrected chi connectivity index (χ1v) is 7.61. The van der Waals surface area contributed by atoms with Gasteiger partial charge in [-0.3, -0.25) is 0 Å².